The maximum Gasteiger partial charge on any atom is 0.418 e. The topological polar surface area (TPSA) is 50.9 Å². The van der Waals surface area contributed by atoms with E-state index in [0.717, 1.165) is 6.07 Å². The molecule has 90 valence electrons. The molecule has 0 aliphatic rings. The molecule has 3 nitrogen and oxygen atoms in total. The summed E-state index contributed by atoms with van der Waals surface area (Å²) in [4.78, 5) is 3.90. The molecule has 0 amide bonds. The van der Waals surface area contributed by atoms with Crippen LogP contribution >= 0.6 is 0 Å². The first kappa shape index (κ1) is 11.7. The first-order valence-electron chi connectivity index (χ1n) is 4.87. The predicted molar refractivity (Wildman–Crippen MR) is 59.3 cm³/mol. The third-order valence-corrected chi connectivity index (χ3v) is 2.48. The summed E-state index contributed by atoms with van der Waals surface area (Å²) in [7, 11) is 0. The van der Waals surface area contributed by atoms with Gasteiger partial charge in [0.2, 0.25) is 0 Å². The molecule has 3 N–H and O–H groups in total. The van der Waals surface area contributed by atoms with E-state index in [0.29, 0.717) is 10.9 Å². The Labute approximate surface area is 95.4 Å². The van der Waals surface area contributed by atoms with Crippen LogP contribution < -0.4 is 11.3 Å². The number of halogens is 3. The van der Waals surface area contributed by atoms with Crippen LogP contribution in [0.25, 0.3) is 10.9 Å². The van der Waals surface area contributed by atoms with Gasteiger partial charge in [0.1, 0.15) is 5.82 Å². The average molecular weight is 241 g/mol. The van der Waals surface area contributed by atoms with E-state index >= 15 is 0 Å². The van der Waals surface area contributed by atoms with Gasteiger partial charge < -0.3 is 5.43 Å². The van der Waals surface area contributed by atoms with Crippen LogP contribution in [-0.4, -0.2) is 4.98 Å². The molecule has 0 radical (unpaired) electrons. The zero-order chi connectivity index (χ0) is 12.6. The van der Waals surface area contributed by atoms with E-state index in [4.69, 9.17) is 5.84 Å². The zero-order valence-electron chi connectivity index (χ0n) is 8.97. The standard InChI is InChI=1S/C11H10F3N3/c1-6-5-7-3-2-4-8(11(12,13)14)9(7)16-10(6)17-15/h2-5H,15H2,1H3,(H,16,17). The number of aryl methyl sites for hydroxylation is 1. The molecule has 0 spiro atoms. The number of nitrogens with zero attached hydrogens (tertiary/aromatic N) is 1. The second-order valence-corrected chi connectivity index (χ2v) is 3.67. The Morgan fingerprint density at radius 3 is 2.59 bits per heavy atom. The van der Waals surface area contributed by atoms with Crippen LogP contribution in [0.5, 0.6) is 0 Å². The second-order valence-electron chi connectivity index (χ2n) is 3.67. The number of aromatic nitrogens is 1. The van der Waals surface area contributed by atoms with Crippen molar-refractivity contribution in [2.45, 2.75) is 13.1 Å². The van der Waals surface area contributed by atoms with E-state index < -0.39 is 11.7 Å². The van der Waals surface area contributed by atoms with Crippen molar-refractivity contribution in [3.8, 4) is 0 Å². The van der Waals surface area contributed by atoms with E-state index in [-0.39, 0.29) is 11.3 Å². The Bertz CT molecular complexity index is 564. The van der Waals surface area contributed by atoms with Crippen molar-refractivity contribution in [2.24, 2.45) is 5.84 Å². The molecule has 0 aliphatic heterocycles. The summed E-state index contributed by atoms with van der Waals surface area (Å²) < 4.78 is 38.3. The highest BCUT2D eigenvalue weighted by Crippen LogP contribution is 2.34. The van der Waals surface area contributed by atoms with Gasteiger partial charge in [0, 0.05) is 5.39 Å². The minimum Gasteiger partial charge on any atom is -0.308 e. The number of nitrogen functional groups attached to an aromatic ring is 1. The van der Waals surface area contributed by atoms with Crippen LogP contribution in [-0.2, 0) is 6.18 Å². The molecule has 17 heavy (non-hydrogen) atoms. The largest absolute Gasteiger partial charge is 0.418 e. The fraction of sp³-hybridized carbons (Fsp3) is 0.182. The number of para-hydroxylation sites is 1. The number of nitrogens with two attached hydrogens (primary N) is 1. The van der Waals surface area contributed by atoms with Crippen LogP contribution in [0.2, 0.25) is 0 Å². The molecule has 0 bridgehead atoms. The van der Waals surface area contributed by atoms with E-state index in [2.05, 4.69) is 10.4 Å². The number of hydrogen-bond acceptors (Lipinski definition) is 3. The number of rotatable bonds is 1. The molecule has 0 saturated carbocycles. The first-order valence-corrected chi connectivity index (χ1v) is 4.87. The van der Waals surface area contributed by atoms with Crippen LogP contribution in [0.15, 0.2) is 24.3 Å². The Balaban J connectivity index is 2.79. The lowest BCUT2D eigenvalue weighted by Gasteiger charge is -2.12. The summed E-state index contributed by atoms with van der Waals surface area (Å²) in [6.45, 7) is 1.72. The Kier molecular flexibility index (Phi) is 2.66. The third kappa shape index (κ3) is 2.03. The van der Waals surface area contributed by atoms with Gasteiger partial charge in [0.25, 0.3) is 0 Å². The number of benzene rings is 1. The van der Waals surface area contributed by atoms with Crippen molar-refractivity contribution in [1.29, 1.82) is 0 Å². The highest BCUT2D eigenvalue weighted by atomic mass is 19.4. The molecular weight excluding hydrogens is 231 g/mol. The summed E-state index contributed by atoms with van der Waals surface area (Å²) in [5, 5.41) is 0.441. The molecule has 2 aromatic rings. The molecule has 0 unspecified atom stereocenters. The summed E-state index contributed by atoms with van der Waals surface area (Å²) in [5.41, 5.74) is 2.12. The fourth-order valence-electron chi connectivity index (χ4n) is 1.68. The fourth-order valence-corrected chi connectivity index (χ4v) is 1.68. The maximum atomic E-state index is 12.8. The van der Waals surface area contributed by atoms with Gasteiger partial charge in [-0.15, -0.1) is 0 Å². The SMILES string of the molecule is Cc1cc2cccc(C(F)(F)F)c2nc1NN. The van der Waals surface area contributed by atoms with Crippen molar-refractivity contribution in [3.05, 3.63) is 35.4 Å². The molecule has 0 atom stereocenters. The Hall–Kier alpha value is -1.82. The van der Waals surface area contributed by atoms with Crippen LogP contribution in [0.1, 0.15) is 11.1 Å². The van der Waals surface area contributed by atoms with Crippen LogP contribution in [0.3, 0.4) is 0 Å². The molecular formula is C11H10F3N3. The van der Waals surface area contributed by atoms with E-state index in [1.165, 1.54) is 6.07 Å². The van der Waals surface area contributed by atoms with E-state index in [1.807, 2.05) is 0 Å². The van der Waals surface area contributed by atoms with E-state index in [1.54, 1.807) is 19.1 Å². The molecule has 0 aliphatic carbocycles. The number of hydrogen-bond donors (Lipinski definition) is 2. The molecule has 0 fully saturated rings. The van der Waals surface area contributed by atoms with Gasteiger partial charge in [0.15, 0.2) is 0 Å². The summed E-state index contributed by atoms with van der Waals surface area (Å²) in [6, 6.07) is 5.57. The monoisotopic (exact) mass is 241 g/mol. The average Bonchev–Trinajstić information content (AvgIpc) is 2.25. The summed E-state index contributed by atoms with van der Waals surface area (Å²) in [6.07, 6.45) is -4.42. The summed E-state index contributed by atoms with van der Waals surface area (Å²) in [5.74, 6) is 5.45. The van der Waals surface area contributed by atoms with Crippen molar-refractivity contribution in [2.75, 3.05) is 5.43 Å². The first-order chi connectivity index (χ1) is 7.93. The van der Waals surface area contributed by atoms with Gasteiger partial charge in [-0.3, -0.25) is 0 Å². The second kappa shape index (κ2) is 3.89. The minimum atomic E-state index is -4.42. The third-order valence-electron chi connectivity index (χ3n) is 2.48. The minimum absolute atomic E-state index is 0.0986. The van der Waals surface area contributed by atoms with Gasteiger partial charge in [-0.05, 0) is 24.6 Å². The number of pyridine rings is 1. The quantitative estimate of drug-likeness (QED) is 0.596. The smallest absolute Gasteiger partial charge is 0.308 e. The number of hydrazine groups is 1. The number of nitrogens with one attached hydrogen (secondary N) is 1. The highest BCUT2D eigenvalue weighted by Gasteiger charge is 2.33. The highest BCUT2D eigenvalue weighted by molar-refractivity contribution is 5.85. The lowest BCUT2D eigenvalue weighted by molar-refractivity contribution is -0.136. The normalized spacial score (nSPS) is 11.8. The van der Waals surface area contributed by atoms with Gasteiger partial charge in [0.05, 0.1) is 11.1 Å². The zero-order valence-corrected chi connectivity index (χ0v) is 8.97. The summed E-state index contributed by atoms with van der Waals surface area (Å²) >= 11 is 0. The van der Waals surface area contributed by atoms with Crippen molar-refractivity contribution in [1.82, 2.24) is 4.98 Å². The lowest BCUT2D eigenvalue weighted by Crippen LogP contribution is -2.12. The molecule has 1 aromatic carbocycles. The molecule has 1 aromatic heterocycles. The molecule has 6 heteroatoms. The van der Waals surface area contributed by atoms with Crippen molar-refractivity contribution < 1.29 is 13.2 Å². The van der Waals surface area contributed by atoms with Gasteiger partial charge >= 0.3 is 6.18 Å². The van der Waals surface area contributed by atoms with Gasteiger partial charge in [-0.25, -0.2) is 10.8 Å². The lowest BCUT2D eigenvalue weighted by atomic mass is 10.1. The number of fused-ring (bicyclic) bond motifs is 1. The Morgan fingerprint density at radius 2 is 2.00 bits per heavy atom. The van der Waals surface area contributed by atoms with E-state index in [9.17, 15) is 13.2 Å². The van der Waals surface area contributed by atoms with Crippen molar-refractivity contribution in [3.63, 3.8) is 0 Å². The maximum absolute atomic E-state index is 12.8. The van der Waals surface area contributed by atoms with Crippen molar-refractivity contribution >= 4 is 16.7 Å². The van der Waals surface area contributed by atoms with Gasteiger partial charge in [-0.1, -0.05) is 12.1 Å². The molecule has 2 rings (SSSR count). The Morgan fingerprint density at radius 1 is 1.29 bits per heavy atom. The molecule has 0 saturated heterocycles. The predicted octanol–water partition coefficient (Wildman–Crippen LogP) is 2.85. The van der Waals surface area contributed by atoms with Crippen LogP contribution in [0.4, 0.5) is 19.0 Å². The molecule has 1 heterocycles. The van der Waals surface area contributed by atoms with Gasteiger partial charge in [-0.2, -0.15) is 13.2 Å². The number of anilines is 1. The number of alkyl halides is 3. The van der Waals surface area contributed by atoms with Crippen LogP contribution in [0, 0.1) is 6.92 Å².